The second kappa shape index (κ2) is 8.43. The number of ether oxygens (including phenoxy) is 1. The first-order chi connectivity index (χ1) is 7.22. The Labute approximate surface area is 113 Å². The summed E-state index contributed by atoms with van der Waals surface area (Å²) >= 11 is 4.07. The van der Waals surface area contributed by atoms with Gasteiger partial charge in [0.15, 0.2) is 5.96 Å². The third-order valence-corrected chi connectivity index (χ3v) is 1.71. The fraction of sp³-hybridized carbons (Fsp3) is 0.778. The SMILES string of the molecule is CC(C)(S)OC(=O)C(N)CCCN=C(N)N.Cl. The minimum absolute atomic E-state index is 0. The molecule has 0 radical (unpaired) electrons. The molecule has 0 rings (SSSR count). The van der Waals surface area contributed by atoms with Gasteiger partial charge in [-0.2, -0.15) is 0 Å². The van der Waals surface area contributed by atoms with Gasteiger partial charge in [-0.3, -0.25) is 9.79 Å². The van der Waals surface area contributed by atoms with E-state index in [-0.39, 0.29) is 18.4 Å². The van der Waals surface area contributed by atoms with Crippen LogP contribution in [0.25, 0.3) is 0 Å². The Morgan fingerprint density at radius 3 is 2.41 bits per heavy atom. The van der Waals surface area contributed by atoms with Crippen LogP contribution in [-0.2, 0) is 9.53 Å². The van der Waals surface area contributed by atoms with Gasteiger partial charge in [-0.15, -0.1) is 25.0 Å². The van der Waals surface area contributed by atoms with Crippen molar-refractivity contribution in [1.82, 2.24) is 0 Å². The second-order valence-corrected chi connectivity index (χ2v) is 5.00. The molecule has 6 N–H and O–H groups in total. The lowest BCUT2D eigenvalue weighted by Crippen LogP contribution is -2.36. The van der Waals surface area contributed by atoms with Crippen LogP contribution < -0.4 is 17.2 Å². The number of guanidine groups is 1. The Balaban J connectivity index is 0. The van der Waals surface area contributed by atoms with Crippen molar-refractivity contribution in [3.8, 4) is 0 Å². The van der Waals surface area contributed by atoms with E-state index < -0.39 is 16.9 Å². The summed E-state index contributed by atoms with van der Waals surface area (Å²) in [6.45, 7) is 3.79. The molecule has 0 aliphatic heterocycles. The number of nitrogens with zero attached hydrogens (tertiary/aromatic N) is 1. The Hall–Kier alpha value is -0.660. The number of carbonyl (C=O) groups excluding carboxylic acids is 1. The van der Waals surface area contributed by atoms with Crippen LogP contribution in [0.1, 0.15) is 26.7 Å². The van der Waals surface area contributed by atoms with Gasteiger partial charge < -0.3 is 21.9 Å². The maximum absolute atomic E-state index is 11.4. The first-order valence-corrected chi connectivity index (χ1v) is 5.43. The Morgan fingerprint density at radius 2 is 2.00 bits per heavy atom. The van der Waals surface area contributed by atoms with E-state index in [0.29, 0.717) is 19.4 Å². The molecular weight excluding hydrogens is 264 g/mol. The topological polar surface area (TPSA) is 117 Å². The summed E-state index contributed by atoms with van der Waals surface area (Å²) in [6, 6.07) is -0.666. The second-order valence-electron chi connectivity index (χ2n) is 3.92. The number of esters is 1. The first kappa shape index (κ1) is 18.7. The van der Waals surface area contributed by atoms with Gasteiger partial charge >= 0.3 is 5.97 Å². The molecule has 0 heterocycles. The van der Waals surface area contributed by atoms with Crippen molar-refractivity contribution in [2.75, 3.05) is 6.54 Å². The van der Waals surface area contributed by atoms with Crippen LogP contribution in [-0.4, -0.2) is 29.4 Å². The zero-order valence-electron chi connectivity index (χ0n) is 10.0. The average Bonchev–Trinajstić information content (AvgIpc) is 2.08. The lowest BCUT2D eigenvalue weighted by molar-refractivity contribution is -0.151. The van der Waals surface area contributed by atoms with Crippen molar-refractivity contribution < 1.29 is 9.53 Å². The predicted molar refractivity (Wildman–Crippen MR) is 74.3 cm³/mol. The minimum Gasteiger partial charge on any atom is -0.448 e. The molecule has 0 amide bonds. The number of halogens is 1. The van der Waals surface area contributed by atoms with Crippen LogP contribution in [0.15, 0.2) is 4.99 Å². The standard InChI is InChI=1S/C9H20N4O2S.ClH/c1-9(2,16)15-7(14)6(10)4-3-5-13-8(11)12;/h6,16H,3-5,10H2,1-2H3,(H4,11,12,13);1H. The van der Waals surface area contributed by atoms with Crippen LogP contribution in [0.3, 0.4) is 0 Å². The molecule has 102 valence electrons. The number of rotatable bonds is 6. The van der Waals surface area contributed by atoms with Gasteiger partial charge in [0.25, 0.3) is 0 Å². The summed E-state index contributed by atoms with van der Waals surface area (Å²) in [4.78, 5) is 14.4. The van der Waals surface area contributed by atoms with E-state index in [1.54, 1.807) is 13.8 Å². The molecule has 0 spiro atoms. The first-order valence-electron chi connectivity index (χ1n) is 4.98. The highest BCUT2D eigenvalue weighted by Gasteiger charge is 2.22. The number of hydrogen-bond acceptors (Lipinski definition) is 5. The quantitative estimate of drug-likeness (QED) is 0.137. The van der Waals surface area contributed by atoms with E-state index in [1.807, 2.05) is 0 Å². The summed E-state index contributed by atoms with van der Waals surface area (Å²) in [5, 5.41) is 0. The number of carbonyl (C=O) groups is 1. The summed E-state index contributed by atoms with van der Waals surface area (Å²) in [5.41, 5.74) is 15.9. The van der Waals surface area contributed by atoms with Crippen LogP contribution in [0.4, 0.5) is 0 Å². The summed E-state index contributed by atoms with van der Waals surface area (Å²) in [6.07, 6.45) is 1.10. The molecule has 17 heavy (non-hydrogen) atoms. The molecular formula is C9H21ClN4O2S. The number of nitrogens with two attached hydrogens (primary N) is 3. The molecule has 1 atom stereocenters. The van der Waals surface area contributed by atoms with Crippen molar-refractivity contribution in [3.05, 3.63) is 0 Å². The fourth-order valence-corrected chi connectivity index (χ4v) is 1.05. The molecule has 0 aliphatic rings. The van der Waals surface area contributed by atoms with Crippen molar-refractivity contribution >= 4 is 37.0 Å². The largest absolute Gasteiger partial charge is 0.448 e. The van der Waals surface area contributed by atoms with Crippen LogP contribution >= 0.6 is 25.0 Å². The van der Waals surface area contributed by atoms with Crippen LogP contribution in [0, 0.1) is 0 Å². The highest BCUT2D eigenvalue weighted by molar-refractivity contribution is 7.81. The van der Waals surface area contributed by atoms with Crippen molar-refractivity contribution in [1.29, 1.82) is 0 Å². The summed E-state index contributed by atoms with van der Waals surface area (Å²) in [7, 11) is 0. The lowest BCUT2D eigenvalue weighted by Gasteiger charge is -2.21. The molecule has 0 aromatic heterocycles. The molecule has 6 nitrogen and oxygen atoms in total. The normalized spacial score (nSPS) is 12.2. The fourth-order valence-electron chi connectivity index (χ4n) is 0.959. The van der Waals surface area contributed by atoms with E-state index >= 15 is 0 Å². The van der Waals surface area contributed by atoms with Crippen LogP contribution in [0.5, 0.6) is 0 Å². The van der Waals surface area contributed by atoms with Gasteiger partial charge in [-0.25, -0.2) is 0 Å². The van der Waals surface area contributed by atoms with Gasteiger partial charge in [-0.05, 0) is 26.7 Å². The van der Waals surface area contributed by atoms with Crippen molar-refractivity contribution in [3.63, 3.8) is 0 Å². The summed E-state index contributed by atoms with van der Waals surface area (Å²) < 4.78 is 4.99. The molecule has 0 saturated carbocycles. The molecule has 8 heteroatoms. The summed E-state index contributed by atoms with van der Waals surface area (Å²) in [5.74, 6) is -0.433. The lowest BCUT2D eigenvalue weighted by atomic mass is 10.2. The average molecular weight is 285 g/mol. The molecule has 0 fully saturated rings. The highest BCUT2D eigenvalue weighted by atomic mass is 35.5. The van der Waals surface area contributed by atoms with E-state index in [1.165, 1.54) is 0 Å². The number of thiol groups is 1. The third kappa shape index (κ3) is 11.6. The monoisotopic (exact) mass is 284 g/mol. The highest BCUT2D eigenvalue weighted by Crippen LogP contribution is 2.14. The zero-order chi connectivity index (χ0) is 12.8. The third-order valence-electron chi connectivity index (χ3n) is 1.62. The maximum atomic E-state index is 11.4. The molecule has 0 aromatic carbocycles. The smallest absolute Gasteiger partial charge is 0.324 e. The molecule has 0 aliphatic carbocycles. The minimum atomic E-state index is -0.811. The molecule has 1 unspecified atom stereocenters. The Kier molecular flexibility index (Phi) is 9.28. The van der Waals surface area contributed by atoms with Crippen molar-refractivity contribution in [2.45, 2.75) is 37.7 Å². The van der Waals surface area contributed by atoms with Gasteiger partial charge in [0, 0.05) is 6.54 Å². The number of hydrogen-bond donors (Lipinski definition) is 4. The number of aliphatic imine (C=N–C) groups is 1. The van der Waals surface area contributed by atoms with E-state index in [9.17, 15) is 4.79 Å². The van der Waals surface area contributed by atoms with Crippen molar-refractivity contribution in [2.24, 2.45) is 22.2 Å². The van der Waals surface area contributed by atoms with E-state index in [0.717, 1.165) is 0 Å². The molecule has 0 saturated heterocycles. The Morgan fingerprint density at radius 1 is 1.47 bits per heavy atom. The Bertz CT molecular complexity index is 264. The van der Waals surface area contributed by atoms with Crippen LogP contribution in [0.2, 0.25) is 0 Å². The van der Waals surface area contributed by atoms with Gasteiger partial charge in [0.1, 0.15) is 11.0 Å². The van der Waals surface area contributed by atoms with Gasteiger partial charge in [-0.1, -0.05) is 0 Å². The van der Waals surface area contributed by atoms with Gasteiger partial charge in [0.05, 0.1) is 0 Å². The molecule has 0 aromatic rings. The zero-order valence-corrected chi connectivity index (χ0v) is 11.8. The predicted octanol–water partition coefficient (Wildman–Crippen LogP) is -0.00180. The maximum Gasteiger partial charge on any atom is 0.324 e. The van der Waals surface area contributed by atoms with E-state index in [2.05, 4.69) is 17.6 Å². The van der Waals surface area contributed by atoms with Gasteiger partial charge in [0.2, 0.25) is 0 Å². The molecule has 0 bridgehead atoms. The van der Waals surface area contributed by atoms with E-state index in [4.69, 9.17) is 21.9 Å².